The van der Waals surface area contributed by atoms with Crippen LogP contribution in [0.4, 0.5) is 0 Å². The molecule has 0 saturated heterocycles. The Kier molecular flexibility index (Phi) is 8.57. The van der Waals surface area contributed by atoms with Crippen molar-refractivity contribution in [2.24, 2.45) is 11.8 Å². The average molecular weight is 328 g/mol. The third kappa shape index (κ3) is 11.4. The second-order valence-electron chi connectivity index (χ2n) is 5.28. The Hall–Kier alpha value is -0.440. The fourth-order valence-electron chi connectivity index (χ4n) is 1.33. The van der Waals surface area contributed by atoms with Crippen LogP contribution in [0.25, 0.3) is 0 Å². The molecule has 0 rings (SSSR count). The summed E-state index contributed by atoms with van der Waals surface area (Å²) in [6, 6.07) is 0. The van der Waals surface area contributed by atoms with E-state index in [2.05, 4.69) is 0 Å². The monoisotopic (exact) mass is 328 g/mol. The molecule has 6 nitrogen and oxygen atoms in total. The maximum Gasteiger partial charge on any atom is 0.267 e. The predicted molar refractivity (Wildman–Crippen MR) is 78.3 cm³/mol. The van der Waals surface area contributed by atoms with Crippen molar-refractivity contribution in [1.82, 2.24) is 0 Å². The van der Waals surface area contributed by atoms with Crippen molar-refractivity contribution in [1.29, 1.82) is 0 Å². The van der Waals surface area contributed by atoms with Crippen molar-refractivity contribution in [3.63, 3.8) is 0 Å². The van der Waals surface area contributed by atoms with Crippen LogP contribution in [0.2, 0.25) is 0 Å². The minimum atomic E-state index is -3.52. The van der Waals surface area contributed by atoms with Crippen molar-refractivity contribution in [2.75, 3.05) is 24.7 Å². The fourth-order valence-corrected chi connectivity index (χ4v) is 3.73. The number of hydrogen-bond donors (Lipinski definition) is 0. The predicted octanol–water partition coefficient (Wildman–Crippen LogP) is 1.55. The van der Waals surface area contributed by atoms with Gasteiger partial charge >= 0.3 is 0 Å². The van der Waals surface area contributed by atoms with E-state index in [9.17, 15) is 16.8 Å². The molecule has 0 amide bonds. The molecule has 120 valence electrons. The molecule has 0 saturated carbocycles. The van der Waals surface area contributed by atoms with Crippen LogP contribution in [0, 0.1) is 11.8 Å². The molecule has 0 aromatic rings. The van der Waals surface area contributed by atoms with E-state index in [0.717, 1.165) is 0 Å². The van der Waals surface area contributed by atoms with E-state index >= 15 is 0 Å². The molecule has 0 spiro atoms. The van der Waals surface area contributed by atoms with Crippen LogP contribution >= 0.6 is 0 Å². The molecule has 0 aliphatic carbocycles. The van der Waals surface area contributed by atoms with Gasteiger partial charge in [0.15, 0.2) is 0 Å². The van der Waals surface area contributed by atoms with E-state index in [4.69, 9.17) is 8.37 Å². The zero-order valence-electron chi connectivity index (χ0n) is 12.4. The zero-order valence-corrected chi connectivity index (χ0v) is 14.0. The van der Waals surface area contributed by atoms with E-state index in [1.54, 1.807) is 27.7 Å². The van der Waals surface area contributed by atoms with Crippen LogP contribution < -0.4 is 0 Å². The largest absolute Gasteiger partial charge is 0.267 e. The molecule has 0 fully saturated rings. The first-order valence-corrected chi connectivity index (χ1v) is 9.59. The van der Waals surface area contributed by atoms with Crippen molar-refractivity contribution in [3.8, 4) is 0 Å². The van der Waals surface area contributed by atoms with Crippen LogP contribution in [-0.4, -0.2) is 41.6 Å². The van der Waals surface area contributed by atoms with Crippen molar-refractivity contribution in [2.45, 2.75) is 27.7 Å². The summed E-state index contributed by atoms with van der Waals surface area (Å²) in [5.41, 5.74) is 0. The summed E-state index contributed by atoms with van der Waals surface area (Å²) in [5.74, 6) is -0.0952. The zero-order chi connectivity index (χ0) is 15.8. The Bertz CT molecular complexity index is 442. The van der Waals surface area contributed by atoms with Gasteiger partial charge in [-0.05, 0) is 11.8 Å². The van der Waals surface area contributed by atoms with Crippen LogP contribution in [0.3, 0.4) is 0 Å². The van der Waals surface area contributed by atoms with E-state index in [1.165, 1.54) is 12.2 Å². The Labute approximate surface area is 122 Å². The van der Waals surface area contributed by atoms with Gasteiger partial charge in [0.25, 0.3) is 20.2 Å². The van der Waals surface area contributed by atoms with Gasteiger partial charge in [0.1, 0.15) is 0 Å². The molecule has 0 bridgehead atoms. The normalized spacial score (nSPS) is 13.7. The first kappa shape index (κ1) is 19.6. The summed E-state index contributed by atoms with van der Waals surface area (Å²) in [7, 11) is -7.05. The van der Waals surface area contributed by atoms with Crippen molar-refractivity contribution < 1.29 is 25.2 Å². The Morgan fingerprint density at radius 2 is 1.05 bits per heavy atom. The van der Waals surface area contributed by atoms with E-state index in [1.807, 2.05) is 0 Å². The fraction of sp³-hybridized carbons (Fsp3) is 0.833. The third-order valence-electron chi connectivity index (χ3n) is 1.93. The van der Waals surface area contributed by atoms with Gasteiger partial charge in [-0.1, -0.05) is 39.8 Å². The summed E-state index contributed by atoms with van der Waals surface area (Å²) in [6.45, 7) is 6.88. The van der Waals surface area contributed by atoms with Gasteiger partial charge in [-0.25, -0.2) is 0 Å². The first-order chi connectivity index (χ1) is 9.04. The highest BCUT2D eigenvalue weighted by atomic mass is 32.2. The maximum absolute atomic E-state index is 11.4. The van der Waals surface area contributed by atoms with Gasteiger partial charge in [-0.2, -0.15) is 16.8 Å². The SMILES string of the molecule is CC(C)CS(=O)(=O)OCC=CCOS(=O)(=O)CC(C)C. The van der Waals surface area contributed by atoms with Gasteiger partial charge in [0.05, 0.1) is 24.7 Å². The highest BCUT2D eigenvalue weighted by Crippen LogP contribution is 2.03. The lowest BCUT2D eigenvalue weighted by Gasteiger charge is -2.06. The molecule has 0 aromatic carbocycles. The molecule has 20 heavy (non-hydrogen) atoms. The Balaban J connectivity index is 4.00. The van der Waals surface area contributed by atoms with E-state index < -0.39 is 20.2 Å². The molecule has 0 unspecified atom stereocenters. The molecule has 0 aromatic heterocycles. The molecule has 0 aliphatic rings. The van der Waals surface area contributed by atoms with Gasteiger partial charge in [0, 0.05) is 0 Å². The standard InChI is InChI=1S/C12H24O6S2/c1-11(2)9-19(13,14)17-7-5-6-8-18-20(15,16)10-12(3)4/h5-6,11-12H,7-10H2,1-4H3. The summed E-state index contributed by atoms with van der Waals surface area (Å²) < 4.78 is 54.9. The van der Waals surface area contributed by atoms with E-state index in [0.29, 0.717) is 0 Å². The van der Waals surface area contributed by atoms with Gasteiger partial charge < -0.3 is 0 Å². The second kappa shape index (κ2) is 8.76. The molecule has 0 atom stereocenters. The van der Waals surface area contributed by atoms with Crippen LogP contribution in [0.15, 0.2) is 12.2 Å². The summed E-state index contributed by atoms with van der Waals surface area (Å²) >= 11 is 0. The van der Waals surface area contributed by atoms with Crippen molar-refractivity contribution >= 4 is 20.2 Å². The molecule has 0 radical (unpaired) electrons. The average Bonchev–Trinajstić information content (AvgIpc) is 2.19. The van der Waals surface area contributed by atoms with Gasteiger partial charge in [-0.3, -0.25) is 8.37 Å². The first-order valence-electron chi connectivity index (χ1n) is 6.43. The quantitative estimate of drug-likeness (QED) is 0.447. The number of rotatable bonds is 10. The smallest absolute Gasteiger partial charge is 0.266 e. The summed E-state index contributed by atoms with van der Waals surface area (Å²) in [5, 5.41) is 0. The molecule has 0 aliphatic heterocycles. The highest BCUT2D eigenvalue weighted by Gasteiger charge is 2.13. The van der Waals surface area contributed by atoms with Crippen LogP contribution in [0.5, 0.6) is 0 Å². The summed E-state index contributed by atoms with van der Waals surface area (Å²) in [4.78, 5) is 0. The lowest BCUT2D eigenvalue weighted by molar-refractivity contribution is 0.342. The topological polar surface area (TPSA) is 86.7 Å². The molecule has 0 N–H and O–H groups in total. The highest BCUT2D eigenvalue weighted by molar-refractivity contribution is 7.86. The molecule has 8 heteroatoms. The van der Waals surface area contributed by atoms with Gasteiger partial charge in [0.2, 0.25) is 0 Å². The Morgan fingerprint density at radius 1 is 0.750 bits per heavy atom. The van der Waals surface area contributed by atoms with Gasteiger partial charge in [-0.15, -0.1) is 0 Å². The molecular weight excluding hydrogens is 304 g/mol. The van der Waals surface area contributed by atoms with Crippen molar-refractivity contribution in [3.05, 3.63) is 12.2 Å². The molecular formula is C12H24O6S2. The van der Waals surface area contributed by atoms with Crippen LogP contribution in [0.1, 0.15) is 27.7 Å². The lowest BCUT2D eigenvalue weighted by atomic mass is 10.3. The van der Waals surface area contributed by atoms with E-state index in [-0.39, 0.29) is 36.6 Å². The minimum Gasteiger partial charge on any atom is -0.266 e. The number of hydrogen-bond acceptors (Lipinski definition) is 6. The minimum absolute atomic E-state index is 0.00603. The summed E-state index contributed by atoms with van der Waals surface area (Å²) in [6.07, 6.45) is 2.84. The third-order valence-corrected chi connectivity index (χ3v) is 5.07. The molecule has 0 heterocycles. The Morgan fingerprint density at radius 3 is 1.30 bits per heavy atom. The van der Waals surface area contributed by atoms with Crippen LogP contribution in [-0.2, 0) is 28.6 Å². The maximum atomic E-state index is 11.4. The lowest BCUT2D eigenvalue weighted by Crippen LogP contribution is -2.15. The second-order valence-corrected chi connectivity index (χ2v) is 8.65.